The third-order valence-corrected chi connectivity index (χ3v) is 5.57. The maximum absolute atomic E-state index is 13.7. The van der Waals surface area contributed by atoms with Gasteiger partial charge in [-0.1, -0.05) is 0 Å². The molecule has 1 aromatic carbocycles. The Hall–Kier alpha value is -2.12. The van der Waals surface area contributed by atoms with E-state index in [1.807, 2.05) is 25.3 Å². The summed E-state index contributed by atoms with van der Waals surface area (Å²) in [5, 5.41) is 12.5. The lowest BCUT2D eigenvalue weighted by Crippen LogP contribution is -2.38. The molecular formula is C20H23FN2O3S. The highest BCUT2D eigenvalue weighted by atomic mass is 32.2. The fraction of sp³-hybridized carbons (Fsp3) is 0.400. The van der Waals surface area contributed by atoms with Crippen molar-refractivity contribution in [3.63, 3.8) is 0 Å². The summed E-state index contributed by atoms with van der Waals surface area (Å²) in [4.78, 5) is 17.8. The van der Waals surface area contributed by atoms with E-state index < -0.39 is 11.7 Å². The summed E-state index contributed by atoms with van der Waals surface area (Å²) in [6.07, 6.45) is 5.42. The Labute approximate surface area is 162 Å². The average molecular weight is 390 g/mol. The van der Waals surface area contributed by atoms with Crippen molar-refractivity contribution in [1.29, 1.82) is 0 Å². The van der Waals surface area contributed by atoms with Gasteiger partial charge in [0.15, 0.2) is 0 Å². The Morgan fingerprint density at radius 1 is 1.30 bits per heavy atom. The highest BCUT2D eigenvalue weighted by molar-refractivity contribution is 7.98. The first-order valence-corrected chi connectivity index (χ1v) is 10.2. The minimum absolute atomic E-state index is 0.0416. The number of amides is 1. The molecule has 7 heteroatoms. The van der Waals surface area contributed by atoms with Crippen LogP contribution in [0.25, 0.3) is 0 Å². The Balaban J connectivity index is 1.78. The monoisotopic (exact) mass is 390 g/mol. The molecule has 0 atom stereocenters. The Bertz CT molecular complexity index is 823. The van der Waals surface area contributed by atoms with Crippen LogP contribution in [0.2, 0.25) is 0 Å². The summed E-state index contributed by atoms with van der Waals surface area (Å²) >= 11 is 1.64. The normalized spacial score (nSPS) is 19.6. The Morgan fingerprint density at radius 2 is 2.04 bits per heavy atom. The van der Waals surface area contributed by atoms with Crippen molar-refractivity contribution in [1.82, 2.24) is 10.3 Å². The number of carbonyl (C=O) groups is 1. The highest BCUT2D eigenvalue weighted by Crippen LogP contribution is 2.29. The SMILES string of the molecule is CSc1ccc(Oc2ncc(F)cc2C(=O)NC2CCC(O)CC2)cc1C. The minimum Gasteiger partial charge on any atom is -0.438 e. The second kappa shape index (κ2) is 8.71. The van der Waals surface area contributed by atoms with Gasteiger partial charge in [0.25, 0.3) is 5.91 Å². The number of ether oxygens (including phenoxy) is 1. The number of nitrogens with one attached hydrogen (secondary N) is 1. The molecule has 1 amide bonds. The summed E-state index contributed by atoms with van der Waals surface area (Å²) < 4.78 is 19.5. The lowest BCUT2D eigenvalue weighted by molar-refractivity contribution is 0.0864. The van der Waals surface area contributed by atoms with Crippen LogP contribution in [0.3, 0.4) is 0 Å². The number of rotatable bonds is 5. The topological polar surface area (TPSA) is 71.5 Å². The van der Waals surface area contributed by atoms with E-state index in [0.29, 0.717) is 31.4 Å². The van der Waals surface area contributed by atoms with Crippen molar-refractivity contribution in [2.75, 3.05) is 6.26 Å². The summed E-state index contributed by atoms with van der Waals surface area (Å²) in [7, 11) is 0. The number of aliphatic hydroxyl groups excluding tert-OH is 1. The van der Waals surface area contributed by atoms with Gasteiger partial charge in [0, 0.05) is 10.9 Å². The standard InChI is InChI=1S/C20H23FN2O3S/c1-12-9-16(7-8-18(12)27-2)26-20-17(10-13(21)11-22-20)19(25)23-14-3-5-15(24)6-4-14/h7-11,14-15,24H,3-6H2,1-2H3,(H,23,25). The maximum Gasteiger partial charge on any atom is 0.257 e. The van der Waals surface area contributed by atoms with Gasteiger partial charge in [-0.2, -0.15) is 0 Å². The first-order valence-electron chi connectivity index (χ1n) is 8.93. The number of hydrogen-bond donors (Lipinski definition) is 2. The van der Waals surface area contributed by atoms with Crippen LogP contribution in [0.1, 0.15) is 41.6 Å². The van der Waals surface area contributed by atoms with Gasteiger partial charge in [-0.15, -0.1) is 11.8 Å². The number of benzene rings is 1. The summed E-state index contributed by atoms with van der Waals surface area (Å²) in [6, 6.07) is 6.69. The smallest absolute Gasteiger partial charge is 0.257 e. The van der Waals surface area contributed by atoms with Crippen LogP contribution >= 0.6 is 11.8 Å². The molecule has 2 N–H and O–H groups in total. The predicted molar refractivity (Wildman–Crippen MR) is 103 cm³/mol. The zero-order valence-electron chi connectivity index (χ0n) is 15.4. The fourth-order valence-corrected chi connectivity index (χ4v) is 3.77. The van der Waals surface area contributed by atoms with Gasteiger partial charge in [0.1, 0.15) is 17.1 Å². The van der Waals surface area contributed by atoms with Gasteiger partial charge in [0.05, 0.1) is 12.3 Å². The van der Waals surface area contributed by atoms with E-state index in [2.05, 4.69) is 10.3 Å². The molecule has 5 nitrogen and oxygen atoms in total. The molecule has 1 aromatic heterocycles. The van der Waals surface area contributed by atoms with Crippen LogP contribution in [0, 0.1) is 12.7 Å². The Kier molecular flexibility index (Phi) is 6.34. The number of aromatic nitrogens is 1. The first kappa shape index (κ1) is 19.6. The van der Waals surface area contributed by atoms with Gasteiger partial charge in [-0.05, 0) is 68.7 Å². The van der Waals surface area contributed by atoms with E-state index in [-0.39, 0.29) is 23.6 Å². The quantitative estimate of drug-likeness (QED) is 0.753. The number of aryl methyl sites for hydroxylation is 1. The molecule has 0 unspecified atom stereocenters. The van der Waals surface area contributed by atoms with Gasteiger partial charge < -0.3 is 15.2 Å². The third kappa shape index (κ3) is 4.99. The number of aliphatic hydroxyl groups is 1. The zero-order valence-corrected chi connectivity index (χ0v) is 16.2. The molecule has 3 rings (SSSR count). The number of hydrogen-bond acceptors (Lipinski definition) is 5. The Morgan fingerprint density at radius 3 is 2.70 bits per heavy atom. The molecule has 1 aliphatic rings. The highest BCUT2D eigenvalue weighted by Gasteiger charge is 2.23. The molecule has 1 aliphatic carbocycles. The van der Waals surface area contributed by atoms with E-state index in [1.54, 1.807) is 17.8 Å². The fourth-order valence-electron chi connectivity index (χ4n) is 3.18. The molecular weight excluding hydrogens is 367 g/mol. The molecule has 144 valence electrons. The van der Waals surface area contributed by atoms with Crippen LogP contribution < -0.4 is 10.1 Å². The molecule has 2 aromatic rings. The van der Waals surface area contributed by atoms with E-state index >= 15 is 0 Å². The predicted octanol–water partition coefficient (Wildman–Crippen LogP) is 4.08. The molecule has 0 saturated heterocycles. The van der Waals surface area contributed by atoms with E-state index in [4.69, 9.17) is 4.74 Å². The number of halogens is 1. The van der Waals surface area contributed by atoms with Crippen molar-refractivity contribution in [3.05, 3.63) is 47.4 Å². The molecule has 1 heterocycles. The molecule has 1 saturated carbocycles. The molecule has 0 aliphatic heterocycles. The van der Waals surface area contributed by atoms with Crippen molar-refractivity contribution >= 4 is 17.7 Å². The van der Waals surface area contributed by atoms with Crippen LogP contribution in [0.4, 0.5) is 4.39 Å². The van der Waals surface area contributed by atoms with E-state index in [1.165, 1.54) is 0 Å². The number of thioether (sulfide) groups is 1. The van der Waals surface area contributed by atoms with Crippen LogP contribution in [0.15, 0.2) is 35.4 Å². The lowest BCUT2D eigenvalue weighted by Gasteiger charge is -2.26. The van der Waals surface area contributed by atoms with Crippen LogP contribution in [-0.4, -0.2) is 34.4 Å². The van der Waals surface area contributed by atoms with E-state index in [9.17, 15) is 14.3 Å². The maximum atomic E-state index is 13.7. The van der Waals surface area contributed by atoms with Crippen molar-refractivity contribution in [3.8, 4) is 11.6 Å². The van der Waals surface area contributed by atoms with Gasteiger partial charge in [0.2, 0.25) is 5.88 Å². The zero-order chi connectivity index (χ0) is 19.4. The molecule has 0 radical (unpaired) electrons. The molecule has 0 spiro atoms. The average Bonchev–Trinajstić information content (AvgIpc) is 2.65. The summed E-state index contributed by atoms with van der Waals surface area (Å²) in [6.45, 7) is 1.97. The van der Waals surface area contributed by atoms with Gasteiger partial charge in [-0.25, -0.2) is 9.37 Å². The molecule has 0 bridgehead atoms. The van der Waals surface area contributed by atoms with Crippen molar-refractivity contribution in [2.45, 2.75) is 49.6 Å². The van der Waals surface area contributed by atoms with Gasteiger partial charge >= 0.3 is 0 Å². The second-order valence-corrected chi connectivity index (χ2v) is 7.57. The largest absolute Gasteiger partial charge is 0.438 e. The summed E-state index contributed by atoms with van der Waals surface area (Å²) in [5.41, 5.74) is 1.11. The number of pyridine rings is 1. The van der Waals surface area contributed by atoms with Gasteiger partial charge in [-0.3, -0.25) is 4.79 Å². The lowest BCUT2D eigenvalue weighted by atomic mass is 9.93. The van der Waals surface area contributed by atoms with Crippen molar-refractivity contribution < 1.29 is 19.0 Å². The van der Waals surface area contributed by atoms with Crippen LogP contribution in [0.5, 0.6) is 11.6 Å². The van der Waals surface area contributed by atoms with E-state index in [0.717, 1.165) is 22.7 Å². The molecule has 27 heavy (non-hydrogen) atoms. The van der Waals surface area contributed by atoms with Crippen molar-refractivity contribution in [2.24, 2.45) is 0 Å². The van der Waals surface area contributed by atoms with Crippen LogP contribution in [-0.2, 0) is 0 Å². The number of carbonyl (C=O) groups excluding carboxylic acids is 1. The second-order valence-electron chi connectivity index (χ2n) is 6.72. The minimum atomic E-state index is -0.597. The number of nitrogens with zero attached hydrogens (tertiary/aromatic N) is 1. The third-order valence-electron chi connectivity index (χ3n) is 4.68. The summed E-state index contributed by atoms with van der Waals surface area (Å²) in [5.74, 6) is -0.406. The molecule has 1 fully saturated rings. The first-order chi connectivity index (χ1) is 13.0.